The zero-order chi connectivity index (χ0) is 19.2. The molecule has 2 N–H and O–H groups in total. The molecule has 1 aromatic heterocycles. The van der Waals surface area contributed by atoms with Gasteiger partial charge in [-0.2, -0.15) is 0 Å². The van der Waals surface area contributed by atoms with Crippen molar-refractivity contribution in [1.29, 1.82) is 0 Å². The van der Waals surface area contributed by atoms with E-state index < -0.39 is 6.10 Å². The fraction of sp³-hybridized carbons (Fsp3) is 0.143. The van der Waals surface area contributed by atoms with Crippen molar-refractivity contribution >= 4 is 44.7 Å². The number of anilines is 2. The average molecular weight is 410 g/mol. The molecule has 5 nitrogen and oxygen atoms in total. The predicted molar refractivity (Wildman–Crippen MR) is 116 cm³/mol. The van der Waals surface area contributed by atoms with Gasteiger partial charge in [0.25, 0.3) is 0 Å². The fourth-order valence-corrected chi connectivity index (χ4v) is 4.39. The van der Waals surface area contributed by atoms with Crippen LogP contribution in [0.5, 0.6) is 5.75 Å². The van der Waals surface area contributed by atoms with Crippen molar-refractivity contribution in [2.45, 2.75) is 10.4 Å². The molecule has 0 aliphatic carbocycles. The smallest absolute Gasteiger partial charge is 0.210 e. The Labute approximate surface area is 171 Å². The summed E-state index contributed by atoms with van der Waals surface area (Å²) in [5.74, 6) is 1.28. The van der Waals surface area contributed by atoms with Gasteiger partial charge in [-0.3, -0.25) is 0 Å². The Balaban J connectivity index is 1.28. The first-order chi connectivity index (χ1) is 13.8. The number of rotatable bonds is 8. The summed E-state index contributed by atoms with van der Waals surface area (Å²) in [5, 5.41) is 24.7. The molecule has 1 heterocycles. The van der Waals surface area contributed by atoms with Crippen LogP contribution in [0.1, 0.15) is 0 Å². The summed E-state index contributed by atoms with van der Waals surface area (Å²) in [6, 6.07) is 23.8. The van der Waals surface area contributed by atoms with Crippen LogP contribution in [0, 0.1) is 0 Å². The lowest BCUT2D eigenvalue weighted by Gasteiger charge is -2.13. The largest absolute Gasteiger partial charge is 0.490 e. The molecule has 4 aromatic rings. The second-order valence-electron chi connectivity index (χ2n) is 6.12. The first-order valence-electron chi connectivity index (χ1n) is 8.85. The lowest BCUT2D eigenvalue weighted by atomic mass is 10.1. The van der Waals surface area contributed by atoms with Crippen LogP contribution < -0.4 is 10.1 Å². The van der Waals surface area contributed by atoms with E-state index in [1.165, 1.54) is 23.1 Å². The summed E-state index contributed by atoms with van der Waals surface area (Å²) < 4.78 is 6.65. The molecule has 3 aromatic carbocycles. The molecule has 0 bridgehead atoms. The highest BCUT2D eigenvalue weighted by atomic mass is 32.2. The van der Waals surface area contributed by atoms with Gasteiger partial charge in [-0.25, -0.2) is 0 Å². The maximum absolute atomic E-state index is 10.3. The van der Waals surface area contributed by atoms with Crippen molar-refractivity contribution in [3.05, 3.63) is 72.8 Å². The number of nitrogens with one attached hydrogen (secondary N) is 1. The van der Waals surface area contributed by atoms with Crippen LogP contribution >= 0.6 is 23.1 Å². The minimum Gasteiger partial charge on any atom is -0.490 e. The third kappa shape index (κ3) is 4.81. The Bertz CT molecular complexity index is 1030. The first-order valence-corrected chi connectivity index (χ1v) is 10.6. The summed E-state index contributed by atoms with van der Waals surface area (Å²) in [6.45, 7) is 0.231. The number of hydrogen-bond donors (Lipinski definition) is 2. The minimum atomic E-state index is -0.599. The summed E-state index contributed by atoms with van der Waals surface area (Å²) in [4.78, 5) is 0. The third-order valence-electron chi connectivity index (χ3n) is 4.01. The van der Waals surface area contributed by atoms with Gasteiger partial charge in [0.15, 0.2) is 4.34 Å². The van der Waals surface area contributed by atoms with Crippen molar-refractivity contribution < 1.29 is 9.84 Å². The predicted octanol–water partition coefficient (Wildman–Crippen LogP) is 4.97. The topological polar surface area (TPSA) is 67.3 Å². The number of ether oxygens (including phenoxy) is 1. The zero-order valence-corrected chi connectivity index (χ0v) is 16.6. The summed E-state index contributed by atoms with van der Waals surface area (Å²) in [7, 11) is 0. The summed E-state index contributed by atoms with van der Waals surface area (Å²) in [6.07, 6.45) is -0.599. The Kier molecular flexibility index (Phi) is 6.06. The van der Waals surface area contributed by atoms with Gasteiger partial charge in [0.2, 0.25) is 5.13 Å². The number of fused-ring (bicyclic) bond motifs is 1. The molecule has 7 heteroatoms. The van der Waals surface area contributed by atoms with Gasteiger partial charge in [-0.1, -0.05) is 77.7 Å². The molecule has 0 amide bonds. The van der Waals surface area contributed by atoms with E-state index in [1.807, 2.05) is 72.8 Å². The quantitative estimate of drug-likeness (QED) is 0.401. The monoisotopic (exact) mass is 409 g/mol. The number of aliphatic hydroxyl groups is 1. The molecular formula is C21H19N3O2S2. The van der Waals surface area contributed by atoms with Gasteiger partial charge in [0.05, 0.1) is 6.10 Å². The van der Waals surface area contributed by atoms with Gasteiger partial charge in [-0.05, 0) is 23.6 Å². The highest BCUT2D eigenvalue weighted by molar-refractivity contribution is 8.01. The maximum Gasteiger partial charge on any atom is 0.210 e. The Morgan fingerprint density at radius 2 is 1.75 bits per heavy atom. The van der Waals surface area contributed by atoms with Crippen molar-refractivity contribution in [3.8, 4) is 5.75 Å². The Morgan fingerprint density at radius 3 is 2.64 bits per heavy atom. The molecule has 0 saturated heterocycles. The fourth-order valence-electron chi connectivity index (χ4n) is 2.69. The van der Waals surface area contributed by atoms with Crippen molar-refractivity contribution in [2.24, 2.45) is 0 Å². The van der Waals surface area contributed by atoms with E-state index in [0.29, 0.717) is 5.75 Å². The number of aliphatic hydroxyl groups excluding tert-OH is 1. The minimum absolute atomic E-state index is 0.231. The molecule has 0 aliphatic rings. The van der Waals surface area contributed by atoms with Crippen LogP contribution in [0.25, 0.3) is 10.8 Å². The number of hydrogen-bond acceptors (Lipinski definition) is 7. The Morgan fingerprint density at radius 1 is 0.964 bits per heavy atom. The molecule has 0 spiro atoms. The van der Waals surface area contributed by atoms with E-state index in [1.54, 1.807) is 0 Å². The van der Waals surface area contributed by atoms with Crippen LogP contribution in [0.2, 0.25) is 0 Å². The van der Waals surface area contributed by atoms with E-state index in [4.69, 9.17) is 4.74 Å². The lowest BCUT2D eigenvalue weighted by Crippen LogP contribution is -2.20. The van der Waals surface area contributed by atoms with E-state index in [-0.39, 0.29) is 6.61 Å². The highest BCUT2D eigenvalue weighted by Gasteiger charge is 2.11. The number of benzene rings is 3. The second-order valence-corrected chi connectivity index (χ2v) is 8.36. The average Bonchev–Trinajstić information content (AvgIpc) is 3.18. The summed E-state index contributed by atoms with van der Waals surface area (Å²) in [5.41, 5.74) is 0.971. The van der Waals surface area contributed by atoms with Crippen LogP contribution in [0.15, 0.2) is 77.1 Å². The standard InChI is InChI=1S/C21H19N3O2S2/c25-17(13-26-19-12-6-8-15-7-4-5-11-18(15)19)14-27-21-24-23-20(28-21)22-16-9-2-1-3-10-16/h1-12,17,25H,13-14H2,(H,22,23). The van der Waals surface area contributed by atoms with E-state index >= 15 is 0 Å². The van der Waals surface area contributed by atoms with Gasteiger partial charge in [0.1, 0.15) is 12.4 Å². The molecule has 1 atom stereocenters. The first kappa shape index (κ1) is 18.7. The van der Waals surface area contributed by atoms with Crippen LogP contribution in [0.3, 0.4) is 0 Å². The van der Waals surface area contributed by atoms with E-state index in [0.717, 1.165) is 31.7 Å². The van der Waals surface area contributed by atoms with Gasteiger partial charge >= 0.3 is 0 Å². The maximum atomic E-state index is 10.3. The third-order valence-corrected chi connectivity index (χ3v) is 6.13. The van der Waals surface area contributed by atoms with E-state index in [2.05, 4.69) is 15.5 Å². The number of nitrogens with zero attached hydrogens (tertiary/aromatic N) is 2. The molecule has 0 radical (unpaired) electrons. The summed E-state index contributed by atoms with van der Waals surface area (Å²) >= 11 is 2.94. The SMILES string of the molecule is OC(COc1cccc2ccccc12)CSc1nnc(Nc2ccccc2)s1. The van der Waals surface area contributed by atoms with Crippen LogP contribution in [0.4, 0.5) is 10.8 Å². The number of para-hydroxylation sites is 1. The zero-order valence-electron chi connectivity index (χ0n) is 15.0. The highest BCUT2D eigenvalue weighted by Crippen LogP contribution is 2.29. The number of thioether (sulfide) groups is 1. The van der Waals surface area contributed by atoms with Crippen molar-refractivity contribution in [2.75, 3.05) is 17.7 Å². The van der Waals surface area contributed by atoms with Crippen molar-refractivity contribution in [1.82, 2.24) is 10.2 Å². The van der Waals surface area contributed by atoms with Gasteiger partial charge in [-0.15, -0.1) is 10.2 Å². The molecular weight excluding hydrogens is 390 g/mol. The molecule has 0 saturated carbocycles. The molecule has 142 valence electrons. The van der Waals surface area contributed by atoms with Crippen LogP contribution in [-0.2, 0) is 0 Å². The van der Waals surface area contributed by atoms with E-state index in [9.17, 15) is 5.11 Å². The molecule has 4 rings (SSSR count). The number of aromatic nitrogens is 2. The van der Waals surface area contributed by atoms with Gasteiger partial charge < -0.3 is 15.2 Å². The van der Waals surface area contributed by atoms with Gasteiger partial charge in [0, 0.05) is 16.8 Å². The molecule has 0 fully saturated rings. The normalized spacial score (nSPS) is 12.0. The van der Waals surface area contributed by atoms with Crippen molar-refractivity contribution in [3.63, 3.8) is 0 Å². The van der Waals surface area contributed by atoms with Crippen LogP contribution in [-0.4, -0.2) is 33.8 Å². The second kappa shape index (κ2) is 9.05. The lowest BCUT2D eigenvalue weighted by molar-refractivity contribution is 0.127. The molecule has 0 aliphatic heterocycles. The molecule has 1 unspecified atom stereocenters. The Hall–Kier alpha value is -2.61. The molecule has 28 heavy (non-hydrogen) atoms.